The molecule has 2 N–H and O–H groups in total. The molecular formula is C17H22N5S+. The van der Waals surface area contributed by atoms with Crippen molar-refractivity contribution in [1.82, 2.24) is 20.1 Å². The van der Waals surface area contributed by atoms with Gasteiger partial charge in [0.05, 0.1) is 0 Å². The van der Waals surface area contributed by atoms with E-state index in [0.29, 0.717) is 0 Å². The number of likely N-dealkylation sites (tertiary alicyclic amines) is 1. The molecule has 120 valence electrons. The molecule has 4 rings (SSSR count). The van der Waals surface area contributed by atoms with Crippen molar-refractivity contribution < 1.29 is 4.98 Å². The monoisotopic (exact) mass is 328 g/mol. The van der Waals surface area contributed by atoms with E-state index in [-0.39, 0.29) is 0 Å². The Morgan fingerprint density at radius 3 is 2.96 bits per heavy atom. The lowest BCUT2D eigenvalue weighted by Gasteiger charge is -2.25. The summed E-state index contributed by atoms with van der Waals surface area (Å²) in [5, 5.41) is 10.8. The first-order chi connectivity index (χ1) is 11.3. The summed E-state index contributed by atoms with van der Waals surface area (Å²) in [6.45, 7) is 5.72. The Morgan fingerprint density at radius 2 is 2.09 bits per heavy atom. The van der Waals surface area contributed by atoms with E-state index in [1.807, 2.05) is 0 Å². The highest BCUT2D eigenvalue weighted by molar-refractivity contribution is 7.99. The number of aromatic nitrogens is 4. The minimum Gasteiger partial charge on any atom is -0.303 e. The number of benzene rings is 1. The standard InChI is InChI=1S/C17H21N5S/c1-12-5-6-14-13(11-12)15-16(18-14)19-17(21-20-15)23-10-9-22-7-3-2-4-8-22/h5-6,11H,2-4,7-10H2,1H3,(H,18,19,21)/p+1. The zero-order valence-electron chi connectivity index (χ0n) is 13.4. The van der Waals surface area contributed by atoms with Crippen LogP contribution in [-0.2, 0) is 0 Å². The molecule has 0 bridgehead atoms. The molecule has 2 aromatic heterocycles. The van der Waals surface area contributed by atoms with Crippen LogP contribution in [-0.4, -0.2) is 45.5 Å². The summed E-state index contributed by atoms with van der Waals surface area (Å²) in [5.41, 5.74) is 4.22. The number of aryl methyl sites for hydroxylation is 1. The quantitative estimate of drug-likeness (QED) is 0.748. The molecule has 5 nitrogen and oxygen atoms in total. The third kappa shape index (κ3) is 3.19. The Hall–Kier alpha value is -1.66. The lowest BCUT2D eigenvalue weighted by molar-refractivity contribution is -0.406. The summed E-state index contributed by atoms with van der Waals surface area (Å²) in [6.07, 6.45) is 4.08. The molecular weight excluding hydrogens is 306 g/mol. The summed E-state index contributed by atoms with van der Waals surface area (Å²) in [7, 11) is 0. The maximum atomic E-state index is 4.43. The van der Waals surface area contributed by atoms with E-state index < -0.39 is 0 Å². The van der Waals surface area contributed by atoms with Gasteiger partial charge < -0.3 is 4.90 Å². The zero-order chi connectivity index (χ0) is 15.6. The van der Waals surface area contributed by atoms with Gasteiger partial charge in [0.1, 0.15) is 5.52 Å². The van der Waals surface area contributed by atoms with Gasteiger partial charge in [-0.15, -0.1) is 0 Å². The molecule has 3 aromatic rings. The normalized spacial score (nSPS) is 16.4. The number of fused-ring (bicyclic) bond motifs is 3. The Balaban J connectivity index is 1.49. The molecule has 0 atom stereocenters. The largest absolute Gasteiger partial charge is 0.321 e. The predicted octanol–water partition coefficient (Wildman–Crippen LogP) is 2.81. The summed E-state index contributed by atoms with van der Waals surface area (Å²) >= 11 is 1.75. The summed E-state index contributed by atoms with van der Waals surface area (Å²) in [5.74, 6) is 1.05. The van der Waals surface area contributed by atoms with Crippen molar-refractivity contribution in [3.63, 3.8) is 0 Å². The molecule has 0 unspecified atom stereocenters. The van der Waals surface area contributed by atoms with Gasteiger partial charge in [-0.2, -0.15) is 0 Å². The summed E-state index contributed by atoms with van der Waals surface area (Å²) < 4.78 is 0. The minimum atomic E-state index is 0.887. The number of H-pyrrole nitrogens is 2. The molecule has 0 aliphatic carbocycles. The van der Waals surface area contributed by atoms with E-state index in [0.717, 1.165) is 39.5 Å². The van der Waals surface area contributed by atoms with Crippen LogP contribution in [0.25, 0.3) is 22.1 Å². The Morgan fingerprint density at radius 1 is 1.22 bits per heavy atom. The van der Waals surface area contributed by atoms with Gasteiger partial charge in [0.15, 0.2) is 5.52 Å². The van der Waals surface area contributed by atoms with Crippen LogP contribution >= 0.6 is 11.8 Å². The second-order valence-corrected chi connectivity index (χ2v) is 7.36. The van der Waals surface area contributed by atoms with Gasteiger partial charge in [0.25, 0.3) is 5.65 Å². The molecule has 0 radical (unpaired) electrons. The van der Waals surface area contributed by atoms with Crippen LogP contribution in [0.2, 0.25) is 0 Å². The highest BCUT2D eigenvalue weighted by Crippen LogP contribution is 2.22. The third-order valence-electron chi connectivity index (χ3n) is 4.49. The van der Waals surface area contributed by atoms with E-state index in [1.54, 1.807) is 11.8 Å². The maximum absolute atomic E-state index is 4.43. The molecule has 0 saturated carbocycles. The van der Waals surface area contributed by atoms with Crippen LogP contribution in [0, 0.1) is 6.92 Å². The predicted molar refractivity (Wildman–Crippen MR) is 93.7 cm³/mol. The lowest BCUT2D eigenvalue weighted by Crippen LogP contribution is -2.31. The first kappa shape index (κ1) is 14.9. The molecule has 1 saturated heterocycles. The van der Waals surface area contributed by atoms with Gasteiger partial charge in [-0.25, -0.2) is 4.98 Å². The molecule has 23 heavy (non-hydrogen) atoms. The van der Waals surface area contributed by atoms with Gasteiger partial charge in [-0.05, 0) is 56.7 Å². The fraction of sp³-hybridized carbons (Fsp3) is 0.471. The van der Waals surface area contributed by atoms with E-state index in [4.69, 9.17) is 0 Å². The van der Waals surface area contributed by atoms with Crippen molar-refractivity contribution in [2.45, 2.75) is 31.3 Å². The topological polar surface area (TPSA) is 59.0 Å². The number of hydrogen-bond donors (Lipinski definition) is 1. The smallest absolute Gasteiger partial charge is 0.303 e. The second kappa shape index (κ2) is 6.45. The second-order valence-electron chi connectivity index (χ2n) is 6.28. The van der Waals surface area contributed by atoms with Gasteiger partial charge in [0, 0.05) is 22.8 Å². The molecule has 6 heteroatoms. The number of nitrogens with one attached hydrogen (secondary N) is 2. The molecule has 1 aliphatic heterocycles. The average Bonchev–Trinajstić information content (AvgIpc) is 2.93. The van der Waals surface area contributed by atoms with Crippen LogP contribution < -0.4 is 4.98 Å². The highest BCUT2D eigenvalue weighted by atomic mass is 32.2. The van der Waals surface area contributed by atoms with Gasteiger partial charge in [0.2, 0.25) is 0 Å². The van der Waals surface area contributed by atoms with E-state index in [1.165, 1.54) is 37.9 Å². The Bertz CT molecular complexity index is 822. The summed E-state index contributed by atoms with van der Waals surface area (Å²) in [4.78, 5) is 9.34. The van der Waals surface area contributed by atoms with Gasteiger partial charge >= 0.3 is 5.16 Å². The molecule has 0 amide bonds. The lowest BCUT2D eigenvalue weighted by atomic mass is 10.1. The molecule has 3 heterocycles. The van der Waals surface area contributed by atoms with Crippen LogP contribution in [0.1, 0.15) is 24.8 Å². The van der Waals surface area contributed by atoms with Crippen LogP contribution in [0.3, 0.4) is 0 Å². The summed E-state index contributed by atoms with van der Waals surface area (Å²) in [6, 6.07) is 6.36. The van der Waals surface area contributed by atoms with Crippen LogP contribution in [0.5, 0.6) is 0 Å². The maximum Gasteiger partial charge on any atom is 0.321 e. The highest BCUT2D eigenvalue weighted by Gasteiger charge is 2.15. The Labute approximate surface area is 139 Å². The van der Waals surface area contributed by atoms with Crippen molar-refractivity contribution in [1.29, 1.82) is 0 Å². The Kier molecular flexibility index (Phi) is 4.18. The molecule has 1 fully saturated rings. The number of hydrogen-bond acceptors (Lipinski definition) is 4. The number of piperidine rings is 1. The average molecular weight is 328 g/mol. The van der Waals surface area contributed by atoms with Gasteiger partial charge in [-0.1, -0.05) is 23.1 Å². The molecule has 0 spiro atoms. The zero-order valence-corrected chi connectivity index (χ0v) is 14.2. The van der Waals surface area contributed by atoms with Crippen molar-refractivity contribution in [3.05, 3.63) is 23.8 Å². The van der Waals surface area contributed by atoms with E-state index in [2.05, 4.69) is 50.2 Å². The number of rotatable bonds is 4. The van der Waals surface area contributed by atoms with E-state index in [9.17, 15) is 0 Å². The molecule has 1 aliphatic rings. The number of thioether (sulfide) groups is 1. The van der Waals surface area contributed by atoms with Crippen molar-refractivity contribution in [2.75, 3.05) is 25.4 Å². The minimum absolute atomic E-state index is 0.887. The van der Waals surface area contributed by atoms with Crippen molar-refractivity contribution >= 4 is 33.8 Å². The van der Waals surface area contributed by atoms with Gasteiger partial charge in [-0.3, -0.25) is 4.98 Å². The number of nitrogens with zero attached hydrogens (tertiary/aromatic N) is 3. The first-order valence-electron chi connectivity index (χ1n) is 8.33. The number of aromatic amines is 2. The van der Waals surface area contributed by atoms with Crippen molar-refractivity contribution in [2.24, 2.45) is 0 Å². The SMILES string of the molecule is Cc1ccc2[nH]c3[nH+]c(SCCN4CCCCC4)nnc3c2c1. The van der Waals surface area contributed by atoms with Crippen molar-refractivity contribution in [3.8, 4) is 0 Å². The van der Waals surface area contributed by atoms with E-state index >= 15 is 0 Å². The van der Waals surface area contributed by atoms with Crippen LogP contribution in [0.15, 0.2) is 23.4 Å². The molecule has 1 aromatic carbocycles. The first-order valence-corrected chi connectivity index (χ1v) is 9.31. The van der Waals surface area contributed by atoms with Crippen LogP contribution in [0.4, 0.5) is 0 Å². The third-order valence-corrected chi connectivity index (χ3v) is 5.34. The fourth-order valence-corrected chi connectivity index (χ4v) is 4.05. The fourth-order valence-electron chi connectivity index (χ4n) is 3.23.